The summed E-state index contributed by atoms with van der Waals surface area (Å²) >= 11 is 9.46. The highest BCUT2D eigenvalue weighted by Gasteiger charge is 2.19. The van der Waals surface area contributed by atoms with E-state index in [1.165, 1.54) is 0 Å². The second-order valence-corrected chi connectivity index (χ2v) is 6.32. The maximum Gasteiger partial charge on any atom is 0.291 e. The Morgan fingerprint density at radius 2 is 2.04 bits per heavy atom. The number of nitrogens with one attached hydrogen (secondary N) is 1. The zero-order valence-corrected chi connectivity index (χ0v) is 14.8. The first kappa shape index (κ1) is 15.9. The van der Waals surface area contributed by atoms with Gasteiger partial charge < -0.3 is 14.5 Å². The third kappa shape index (κ3) is 3.07. The number of methoxy groups -OCH3 is 1. The Kier molecular flexibility index (Phi) is 4.33. The molecule has 1 heterocycles. The molecule has 0 fully saturated rings. The lowest BCUT2D eigenvalue weighted by molar-refractivity contribution is 0.0998. The normalized spacial score (nSPS) is 10.8. The number of amides is 1. The van der Waals surface area contributed by atoms with Gasteiger partial charge in [-0.15, -0.1) is 0 Å². The molecule has 6 heteroatoms. The van der Waals surface area contributed by atoms with E-state index < -0.39 is 0 Å². The second kappa shape index (κ2) is 6.26. The molecule has 1 N–H and O–H groups in total. The van der Waals surface area contributed by atoms with Gasteiger partial charge in [-0.2, -0.15) is 0 Å². The molecule has 1 amide bonds. The highest BCUT2D eigenvalue weighted by atomic mass is 79.9. The molecule has 0 saturated carbocycles. The molecule has 1 aromatic heterocycles. The lowest BCUT2D eigenvalue weighted by Gasteiger charge is -2.06. The van der Waals surface area contributed by atoms with Crippen LogP contribution in [-0.4, -0.2) is 13.0 Å². The predicted octanol–water partition coefficient (Wildman–Crippen LogP) is 5.42. The van der Waals surface area contributed by atoms with E-state index in [2.05, 4.69) is 21.2 Å². The average molecular weight is 395 g/mol. The van der Waals surface area contributed by atoms with Crippen molar-refractivity contribution in [1.29, 1.82) is 0 Å². The van der Waals surface area contributed by atoms with Crippen LogP contribution in [0, 0.1) is 6.92 Å². The average Bonchev–Trinajstić information content (AvgIpc) is 2.86. The van der Waals surface area contributed by atoms with Crippen LogP contribution in [0.4, 0.5) is 5.69 Å². The third-order valence-electron chi connectivity index (χ3n) is 3.53. The van der Waals surface area contributed by atoms with Crippen LogP contribution in [0.15, 0.2) is 45.3 Å². The monoisotopic (exact) mass is 393 g/mol. The number of hydrogen-bond acceptors (Lipinski definition) is 3. The number of benzene rings is 2. The number of halogens is 2. The van der Waals surface area contributed by atoms with E-state index in [-0.39, 0.29) is 11.7 Å². The molecule has 0 saturated heterocycles. The lowest BCUT2D eigenvalue weighted by Crippen LogP contribution is -2.12. The molecule has 0 aliphatic rings. The number of furan rings is 1. The Morgan fingerprint density at radius 1 is 1.26 bits per heavy atom. The van der Waals surface area contributed by atoms with Crippen LogP contribution in [0.3, 0.4) is 0 Å². The summed E-state index contributed by atoms with van der Waals surface area (Å²) in [4.78, 5) is 12.5. The van der Waals surface area contributed by atoms with Gasteiger partial charge in [0.05, 0.1) is 17.8 Å². The van der Waals surface area contributed by atoms with Gasteiger partial charge in [-0.05, 0) is 43.3 Å². The number of anilines is 1. The first-order valence-electron chi connectivity index (χ1n) is 6.83. The van der Waals surface area contributed by atoms with E-state index in [9.17, 15) is 4.79 Å². The molecule has 0 aliphatic carbocycles. The van der Waals surface area contributed by atoms with Crippen LogP contribution in [0.25, 0.3) is 11.0 Å². The number of carbonyl (C=O) groups is 1. The van der Waals surface area contributed by atoms with E-state index in [1.807, 2.05) is 13.0 Å². The first-order chi connectivity index (χ1) is 11.0. The van der Waals surface area contributed by atoms with Crippen molar-refractivity contribution in [1.82, 2.24) is 0 Å². The van der Waals surface area contributed by atoms with Gasteiger partial charge in [0.15, 0.2) is 5.76 Å². The summed E-state index contributed by atoms with van der Waals surface area (Å²) in [6.07, 6.45) is 0. The molecule has 0 radical (unpaired) electrons. The summed E-state index contributed by atoms with van der Waals surface area (Å²) in [6, 6.07) is 10.7. The summed E-state index contributed by atoms with van der Waals surface area (Å²) in [5.74, 6) is 0.624. The van der Waals surface area contributed by atoms with Crippen molar-refractivity contribution < 1.29 is 13.9 Å². The molecule has 4 nitrogen and oxygen atoms in total. The number of carbonyl (C=O) groups excluding carboxylic acids is 1. The molecule has 0 bridgehead atoms. The number of hydrogen-bond donors (Lipinski definition) is 1. The predicted molar refractivity (Wildman–Crippen MR) is 94.6 cm³/mol. The van der Waals surface area contributed by atoms with Gasteiger partial charge in [-0.3, -0.25) is 4.79 Å². The van der Waals surface area contributed by atoms with Gasteiger partial charge >= 0.3 is 0 Å². The zero-order valence-electron chi connectivity index (χ0n) is 12.4. The summed E-state index contributed by atoms with van der Waals surface area (Å²) in [7, 11) is 1.60. The van der Waals surface area contributed by atoms with Crippen LogP contribution >= 0.6 is 27.5 Å². The fraction of sp³-hybridized carbons (Fsp3) is 0.118. The Morgan fingerprint density at radius 3 is 2.74 bits per heavy atom. The number of rotatable bonds is 3. The summed E-state index contributed by atoms with van der Waals surface area (Å²) in [6.45, 7) is 1.84. The maximum atomic E-state index is 12.5. The minimum absolute atomic E-state index is 0.257. The largest absolute Gasteiger partial charge is 0.497 e. The van der Waals surface area contributed by atoms with E-state index in [0.29, 0.717) is 22.0 Å². The van der Waals surface area contributed by atoms with Crippen molar-refractivity contribution in [3.05, 3.63) is 57.2 Å². The molecule has 0 atom stereocenters. The first-order valence-corrected chi connectivity index (χ1v) is 8.00. The summed E-state index contributed by atoms with van der Waals surface area (Å²) in [5, 5.41) is 4.06. The maximum absolute atomic E-state index is 12.5. The van der Waals surface area contributed by atoms with Crippen molar-refractivity contribution >= 4 is 50.1 Å². The Labute approximate surface area is 146 Å². The standard InChI is InChI=1S/C17H13BrClNO3/c1-9-12-8-11(22-2)4-6-15(12)23-16(9)17(21)20-14-5-3-10(18)7-13(14)19/h3-8H,1-2H3,(H,20,21). The van der Waals surface area contributed by atoms with Crippen molar-refractivity contribution in [2.24, 2.45) is 0 Å². The van der Waals surface area contributed by atoms with E-state index in [4.69, 9.17) is 20.8 Å². The van der Waals surface area contributed by atoms with E-state index in [1.54, 1.807) is 37.4 Å². The summed E-state index contributed by atoms with van der Waals surface area (Å²) in [5.41, 5.74) is 1.91. The molecule has 2 aromatic carbocycles. The SMILES string of the molecule is COc1ccc2oc(C(=O)Nc3ccc(Br)cc3Cl)c(C)c2c1. The number of ether oxygens (including phenoxy) is 1. The van der Waals surface area contributed by atoms with Crippen molar-refractivity contribution in [3.63, 3.8) is 0 Å². The lowest BCUT2D eigenvalue weighted by atomic mass is 10.1. The van der Waals surface area contributed by atoms with Gasteiger partial charge in [-0.25, -0.2) is 0 Å². The van der Waals surface area contributed by atoms with Crippen LogP contribution < -0.4 is 10.1 Å². The summed E-state index contributed by atoms with van der Waals surface area (Å²) < 4.78 is 11.7. The Hall–Kier alpha value is -1.98. The minimum atomic E-state index is -0.345. The van der Waals surface area contributed by atoms with Gasteiger partial charge in [0.25, 0.3) is 5.91 Å². The molecule has 0 unspecified atom stereocenters. The molecular weight excluding hydrogens is 382 g/mol. The molecular formula is C17H13BrClNO3. The van der Waals surface area contributed by atoms with Gasteiger partial charge in [-0.1, -0.05) is 27.5 Å². The fourth-order valence-electron chi connectivity index (χ4n) is 2.31. The van der Waals surface area contributed by atoms with Crippen molar-refractivity contribution in [2.75, 3.05) is 12.4 Å². The van der Waals surface area contributed by atoms with Crippen molar-refractivity contribution in [2.45, 2.75) is 6.92 Å². The smallest absolute Gasteiger partial charge is 0.291 e. The van der Waals surface area contributed by atoms with Gasteiger partial charge in [0.2, 0.25) is 0 Å². The fourth-order valence-corrected chi connectivity index (χ4v) is 3.03. The van der Waals surface area contributed by atoms with Crippen molar-refractivity contribution in [3.8, 4) is 5.75 Å². The Bertz CT molecular complexity index is 904. The number of aryl methyl sites for hydroxylation is 1. The van der Waals surface area contributed by atoms with Crippen LogP contribution in [0.1, 0.15) is 16.1 Å². The molecule has 3 rings (SSSR count). The molecule has 0 spiro atoms. The second-order valence-electron chi connectivity index (χ2n) is 5.00. The topological polar surface area (TPSA) is 51.5 Å². The van der Waals surface area contributed by atoms with E-state index in [0.717, 1.165) is 15.4 Å². The van der Waals surface area contributed by atoms with Crippen LogP contribution in [0.2, 0.25) is 5.02 Å². The molecule has 118 valence electrons. The molecule has 0 aliphatic heterocycles. The Balaban J connectivity index is 1.96. The minimum Gasteiger partial charge on any atom is -0.497 e. The van der Waals surface area contributed by atoms with Gasteiger partial charge in [0.1, 0.15) is 11.3 Å². The number of fused-ring (bicyclic) bond motifs is 1. The zero-order chi connectivity index (χ0) is 16.6. The molecule has 3 aromatic rings. The highest BCUT2D eigenvalue weighted by Crippen LogP contribution is 2.30. The van der Waals surface area contributed by atoms with Crippen LogP contribution in [0.5, 0.6) is 5.75 Å². The van der Waals surface area contributed by atoms with Crippen LogP contribution in [-0.2, 0) is 0 Å². The van der Waals surface area contributed by atoms with E-state index >= 15 is 0 Å². The third-order valence-corrected chi connectivity index (χ3v) is 4.33. The highest BCUT2D eigenvalue weighted by molar-refractivity contribution is 9.10. The quantitative estimate of drug-likeness (QED) is 0.645. The van der Waals surface area contributed by atoms with Gasteiger partial charge in [0, 0.05) is 15.4 Å². The molecule has 23 heavy (non-hydrogen) atoms.